The minimum atomic E-state index is -4.05. The summed E-state index contributed by atoms with van der Waals surface area (Å²) in [7, 11) is -2.69. The number of aromatic nitrogens is 1. The van der Waals surface area contributed by atoms with Crippen molar-refractivity contribution in [1.29, 1.82) is 0 Å². The molecule has 0 aliphatic carbocycles. The molecule has 1 aromatic carbocycles. The summed E-state index contributed by atoms with van der Waals surface area (Å²) in [6.07, 6.45) is 1.43. The fourth-order valence-corrected chi connectivity index (χ4v) is 2.72. The van der Waals surface area contributed by atoms with Crippen molar-refractivity contribution < 1.29 is 17.3 Å². The number of rotatable bonds is 4. The van der Waals surface area contributed by atoms with Crippen LogP contribution < -0.4 is 8.92 Å². The molecule has 0 unspecified atom stereocenters. The minimum absolute atomic E-state index is 0.0236. The van der Waals surface area contributed by atoms with Crippen molar-refractivity contribution in [3.8, 4) is 11.6 Å². The molecule has 0 N–H and O–H groups in total. The molecule has 100 valence electrons. The molecule has 0 radical (unpaired) electrons. The monoisotopic (exact) mass is 299 g/mol. The first-order valence-electron chi connectivity index (χ1n) is 5.22. The lowest BCUT2D eigenvalue weighted by Crippen LogP contribution is -2.11. The third kappa shape index (κ3) is 3.15. The Bertz CT molecular complexity index is 673. The number of hydrogen-bond donors (Lipinski definition) is 0. The highest BCUT2D eigenvalue weighted by atomic mass is 35.5. The maximum absolute atomic E-state index is 12.1. The molecule has 2 aromatic rings. The van der Waals surface area contributed by atoms with Crippen LogP contribution in [0.1, 0.15) is 0 Å². The third-order valence-corrected chi connectivity index (χ3v) is 3.71. The van der Waals surface area contributed by atoms with E-state index < -0.39 is 10.1 Å². The van der Waals surface area contributed by atoms with E-state index in [4.69, 9.17) is 20.5 Å². The number of pyridine rings is 1. The first kappa shape index (κ1) is 13.6. The molecule has 0 saturated carbocycles. The lowest BCUT2D eigenvalue weighted by molar-refractivity contribution is 0.397. The second-order valence-electron chi connectivity index (χ2n) is 3.50. The molecule has 0 fully saturated rings. The number of ether oxygens (including phenoxy) is 1. The van der Waals surface area contributed by atoms with E-state index in [-0.39, 0.29) is 21.5 Å². The molecular weight excluding hydrogens is 290 g/mol. The van der Waals surface area contributed by atoms with Gasteiger partial charge in [0, 0.05) is 17.3 Å². The first-order chi connectivity index (χ1) is 9.03. The van der Waals surface area contributed by atoms with E-state index in [1.165, 1.54) is 37.6 Å². The van der Waals surface area contributed by atoms with Crippen LogP contribution in [0.2, 0.25) is 5.02 Å². The number of benzene rings is 1. The number of halogens is 1. The Morgan fingerprint density at radius 1 is 1.21 bits per heavy atom. The summed E-state index contributed by atoms with van der Waals surface area (Å²) in [6, 6.07) is 8.96. The minimum Gasteiger partial charge on any atom is -0.495 e. The van der Waals surface area contributed by atoms with Gasteiger partial charge in [-0.3, -0.25) is 0 Å². The normalized spacial score (nSPS) is 11.1. The van der Waals surface area contributed by atoms with Crippen LogP contribution in [0.4, 0.5) is 0 Å². The van der Waals surface area contributed by atoms with Crippen LogP contribution in [0, 0.1) is 0 Å². The highest BCUT2D eigenvalue weighted by Crippen LogP contribution is 2.28. The molecule has 2 rings (SSSR count). The van der Waals surface area contributed by atoms with E-state index in [2.05, 4.69) is 4.98 Å². The molecule has 0 aliphatic heterocycles. The van der Waals surface area contributed by atoms with Crippen LogP contribution in [0.25, 0.3) is 0 Å². The van der Waals surface area contributed by atoms with Gasteiger partial charge in [0.2, 0.25) is 5.88 Å². The van der Waals surface area contributed by atoms with Crippen molar-refractivity contribution in [3.63, 3.8) is 0 Å². The SMILES string of the molecule is COc1ccc(Cl)cc1S(=O)(=O)Oc1ccccn1. The van der Waals surface area contributed by atoms with Gasteiger partial charge in [-0.15, -0.1) is 0 Å². The number of hydrogen-bond acceptors (Lipinski definition) is 5. The van der Waals surface area contributed by atoms with Crippen molar-refractivity contribution in [3.05, 3.63) is 47.6 Å². The van der Waals surface area contributed by atoms with Gasteiger partial charge in [-0.2, -0.15) is 8.42 Å². The van der Waals surface area contributed by atoms with Crippen LogP contribution >= 0.6 is 11.6 Å². The van der Waals surface area contributed by atoms with Crippen molar-refractivity contribution >= 4 is 21.7 Å². The van der Waals surface area contributed by atoms with Gasteiger partial charge in [0.15, 0.2) is 0 Å². The van der Waals surface area contributed by atoms with Gasteiger partial charge < -0.3 is 8.92 Å². The van der Waals surface area contributed by atoms with E-state index in [1.807, 2.05) is 0 Å². The average Bonchev–Trinajstić information content (AvgIpc) is 2.39. The molecule has 0 bridgehead atoms. The molecule has 0 aliphatic rings. The predicted molar refractivity (Wildman–Crippen MR) is 70.1 cm³/mol. The zero-order chi connectivity index (χ0) is 13.9. The summed E-state index contributed by atoms with van der Waals surface area (Å²) < 4.78 is 34.2. The zero-order valence-electron chi connectivity index (χ0n) is 9.91. The van der Waals surface area contributed by atoms with Gasteiger partial charge in [-0.1, -0.05) is 17.7 Å². The van der Waals surface area contributed by atoms with Gasteiger partial charge in [0.1, 0.15) is 10.6 Å². The maximum atomic E-state index is 12.1. The fraction of sp³-hybridized carbons (Fsp3) is 0.0833. The summed E-state index contributed by atoms with van der Waals surface area (Å²) in [5.41, 5.74) is 0. The number of methoxy groups -OCH3 is 1. The summed E-state index contributed by atoms with van der Waals surface area (Å²) in [5, 5.41) is 0.268. The first-order valence-corrected chi connectivity index (χ1v) is 7.00. The predicted octanol–water partition coefficient (Wildman–Crippen LogP) is 2.51. The lowest BCUT2D eigenvalue weighted by Gasteiger charge is -2.10. The van der Waals surface area contributed by atoms with E-state index in [0.717, 1.165) is 0 Å². The Kier molecular flexibility index (Phi) is 3.92. The van der Waals surface area contributed by atoms with E-state index in [1.54, 1.807) is 12.1 Å². The second-order valence-corrected chi connectivity index (χ2v) is 5.45. The zero-order valence-corrected chi connectivity index (χ0v) is 11.5. The highest BCUT2D eigenvalue weighted by Gasteiger charge is 2.22. The molecule has 0 spiro atoms. The largest absolute Gasteiger partial charge is 0.495 e. The fourth-order valence-electron chi connectivity index (χ4n) is 1.40. The summed E-state index contributed by atoms with van der Waals surface area (Å²) in [5.74, 6) is 0.129. The van der Waals surface area contributed by atoms with Crippen LogP contribution in [0.5, 0.6) is 11.6 Å². The van der Waals surface area contributed by atoms with Crippen LogP contribution in [-0.2, 0) is 10.1 Å². The Morgan fingerprint density at radius 3 is 2.63 bits per heavy atom. The Hall–Kier alpha value is -1.79. The van der Waals surface area contributed by atoms with Crippen LogP contribution in [-0.4, -0.2) is 20.5 Å². The van der Waals surface area contributed by atoms with E-state index in [9.17, 15) is 8.42 Å². The van der Waals surface area contributed by atoms with Crippen LogP contribution in [0.15, 0.2) is 47.5 Å². The smallest absolute Gasteiger partial charge is 0.344 e. The molecule has 1 heterocycles. The quantitative estimate of drug-likeness (QED) is 0.812. The van der Waals surface area contributed by atoms with Gasteiger partial charge in [-0.05, 0) is 24.3 Å². The van der Waals surface area contributed by atoms with Crippen LogP contribution in [0.3, 0.4) is 0 Å². The van der Waals surface area contributed by atoms with Crippen molar-refractivity contribution in [2.75, 3.05) is 7.11 Å². The highest BCUT2D eigenvalue weighted by molar-refractivity contribution is 7.87. The van der Waals surface area contributed by atoms with Crippen molar-refractivity contribution in [1.82, 2.24) is 4.98 Å². The average molecular weight is 300 g/mol. The molecule has 0 saturated heterocycles. The molecule has 0 atom stereocenters. The topological polar surface area (TPSA) is 65.5 Å². The Morgan fingerprint density at radius 2 is 2.00 bits per heavy atom. The third-order valence-electron chi connectivity index (χ3n) is 2.23. The standard InChI is InChI=1S/C12H10ClNO4S/c1-17-10-6-5-9(13)8-11(10)19(15,16)18-12-4-2-3-7-14-12/h2-8H,1H3. The maximum Gasteiger partial charge on any atom is 0.344 e. The molecule has 1 aromatic heterocycles. The van der Waals surface area contributed by atoms with Gasteiger partial charge >= 0.3 is 10.1 Å². The van der Waals surface area contributed by atoms with Gasteiger partial charge in [-0.25, -0.2) is 4.98 Å². The second kappa shape index (κ2) is 5.46. The van der Waals surface area contributed by atoms with Crippen molar-refractivity contribution in [2.45, 2.75) is 4.90 Å². The molecule has 19 heavy (non-hydrogen) atoms. The van der Waals surface area contributed by atoms with Gasteiger partial charge in [0.25, 0.3) is 0 Å². The molecule has 5 nitrogen and oxygen atoms in total. The lowest BCUT2D eigenvalue weighted by atomic mass is 10.3. The van der Waals surface area contributed by atoms with Crippen molar-refractivity contribution in [2.24, 2.45) is 0 Å². The van der Waals surface area contributed by atoms with Gasteiger partial charge in [0.05, 0.1) is 7.11 Å². The van der Waals surface area contributed by atoms with E-state index >= 15 is 0 Å². The Balaban J connectivity index is 2.42. The van der Waals surface area contributed by atoms with E-state index in [0.29, 0.717) is 0 Å². The summed E-state index contributed by atoms with van der Waals surface area (Å²) in [6.45, 7) is 0. The molecule has 7 heteroatoms. The number of nitrogens with zero attached hydrogens (tertiary/aromatic N) is 1. The summed E-state index contributed by atoms with van der Waals surface area (Å²) >= 11 is 5.79. The Labute approximate surface area is 115 Å². The summed E-state index contributed by atoms with van der Waals surface area (Å²) in [4.78, 5) is 3.65. The molecule has 0 amide bonds. The molecular formula is C12H10ClNO4S.